The lowest BCUT2D eigenvalue weighted by molar-refractivity contribution is -0.118. The molecule has 1 heterocycles. The minimum Gasteiger partial charge on any atom is -0.355 e. The summed E-state index contributed by atoms with van der Waals surface area (Å²) in [4.78, 5) is 25.2. The van der Waals surface area contributed by atoms with E-state index in [2.05, 4.69) is 20.8 Å². The number of aromatic nitrogens is 3. The van der Waals surface area contributed by atoms with Crippen molar-refractivity contribution in [2.24, 2.45) is 5.92 Å². The van der Waals surface area contributed by atoms with Crippen LogP contribution < -0.4 is 10.6 Å². The predicted octanol–water partition coefficient (Wildman–Crippen LogP) is 4.53. The van der Waals surface area contributed by atoms with Gasteiger partial charge in [-0.3, -0.25) is 9.59 Å². The van der Waals surface area contributed by atoms with Crippen LogP contribution in [-0.2, 0) is 17.8 Å². The van der Waals surface area contributed by atoms with Crippen molar-refractivity contribution in [2.45, 2.75) is 44.9 Å². The first-order chi connectivity index (χ1) is 16.4. The molecule has 0 spiro atoms. The van der Waals surface area contributed by atoms with Gasteiger partial charge in [0.25, 0.3) is 5.91 Å². The van der Waals surface area contributed by atoms with E-state index >= 15 is 0 Å². The lowest BCUT2D eigenvalue weighted by atomic mass is 10.0. The zero-order valence-corrected chi connectivity index (χ0v) is 21.2. The smallest absolute Gasteiger partial charge is 0.253 e. The maximum absolute atomic E-state index is 12.9. The van der Waals surface area contributed by atoms with Gasteiger partial charge in [-0.2, -0.15) is 0 Å². The monoisotopic (exact) mass is 499 g/mol. The fourth-order valence-electron chi connectivity index (χ4n) is 3.50. The van der Waals surface area contributed by atoms with E-state index in [1.54, 1.807) is 24.3 Å². The Bertz CT molecular complexity index is 1100. The fraction of sp³-hybridized carbons (Fsp3) is 0.360. The van der Waals surface area contributed by atoms with Crippen LogP contribution in [0.1, 0.15) is 48.6 Å². The Morgan fingerprint density at radius 1 is 1.06 bits per heavy atom. The van der Waals surface area contributed by atoms with Gasteiger partial charge in [-0.1, -0.05) is 79.7 Å². The van der Waals surface area contributed by atoms with Crippen LogP contribution in [0.4, 0.5) is 0 Å². The summed E-state index contributed by atoms with van der Waals surface area (Å²) >= 11 is 7.53. The Kier molecular flexibility index (Phi) is 9.53. The van der Waals surface area contributed by atoms with Crippen LogP contribution in [0, 0.1) is 5.92 Å². The first-order valence-electron chi connectivity index (χ1n) is 11.3. The maximum atomic E-state index is 12.9. The van der Waals surface area contributed by atoms with E-state index in [9.17, 15) is 9.59 Å². The van der Waals surface area contributed by atoms with E-state index in [4.69, 9.17) is 11.6 Å². The molecule has 9 heteroatoms. The van der Waals surface area contributed by atoms with Crippen molar-refractivity contribution in [3.05, 3.63) is 76.6 Å². The molecule has 1 unspecified atom stereocenters. The number of halogens is 1. The summed E-state index contributed by atoms with van der Waals surface area (Å²) in [6.45, 7) is 7.21. The molecular formula is C25H30ClN5O2S. The Balaban J connectivity index is 1.62. The molecule has 0 saturated carbocycles. The van der Waals surface area contributed by atoms with Gasteiger partial charge in [0.2, 0.25) is 5.91 Å². The highest BCUT2D eigenvalue weighted by Crippen LogP contribution is 2.26. The minimum absolute atomic E-state index is 0.0550. The summed E-state index contributed by atoms with van der Waals surface area (Å²) in [5.74, 6) is 0.651. The summed E-state index contributed by atoms with van der Waals surface area (Å²) in [6, 6.07) is 16.6. The Morgan fingerprint density at radius 2 is 1.76 bits per heavy atom. The molecule has 2 N–H and O–H groups in total. The van der Waals surface area contributed by atoms with Crippen molar-refractivity contribution in [3.8, 4) is 0 Å². The number of carbonyl (C=O) groups is 2. The maximum Gasteiger partial charge on any atom is 0.253 e. The van der Waals surface area contributed by atoms with Gasteiger partial charge in [-0.15, -0.1) is 10.2 Å². The molecule has 7 nitrogen and oxygen atoms in total. The lowest BCUT2D eigenvalue weighted by Gasteiger charge is -2.22. The van der Waals surface area contributed by atoms with Crippen LogP contribution >= 0.6 is 23.4 Å². The molecule has 1 aromatic heterocycles. The van der Waals surface area contributed by atoms with E-state index in [1.165, 1.54) is 17.3 Å². The normalized spacial score (nSPS) is 11.9. The standard InChI is InChI=1S/C25H30ClN5O2S/c1-4-31-23(22(17(2)3)28-24(33)19-12-8-9-13-20(19)26)29-30-25(31)34-16-21(32)27-15-14-18-10-6-5-7-11-18/h5-13,17,22H,4,14-16H2,1-3H3,(H,27,32)(H,28,33). The van der Waals surface area contributed by atoms with E-state index in [0.29, 0.717) is 34.7 Å². The molecule has 1 atom stereocenters. The zero-order chi connectivity index (χ0) is 24.5. The molecule has 34 heavy (non-hydrogen) atoms. The Hall–Kier alpha value is -2.84. The molecule has 0 aliphatic rings. The van der Waals surface area contributed by atoms with Crippen LogP contribution in [0.5, 0.6) is 0 Å². The van der Waals surface area contributed by atoms with Gasteiger partial charge < -0.3 is 15.2 Å². The lowest BCUT2D eigenvalue weighted by Crippen LogP contribution is -2.34. The largest absolute Gasteiger partial charge is 0.355 e. The molecule has 3 rings (SSSR count). The second kappa shape index (κ2) is 12.6. The quantitative estimate of drug-likeness (QED) is 0.378. The number of amides is 2. The van der Waals surface area contributed by atoms with Gasteiger partial charge in [0.05, 0.1) is 22.4 Å². The third-order valence-electron chi connectivity index (χ3n) is 5.32. The number of benzene rings is 2. The summed E-state index contributed by atoms with van der Waals surface area (Å²) in [6.07, 6.45) is 0.785. The number of nitrogens with zero attached hydrogens (tertiary/aromatic N) is 3. The van der Waals surface area contributed by atoms with E-state index < -0.39 is 0 Å². The minimum atomic E-state index is -0.356. The highest BCUT2D eigenvalue weighted by atomic mass is 35.5. The zero-order valence-electron chi connectivity index (χ0n) is 19.6. The van der Waals surface area contributed by atoms with Crippen LogP contribution in [0.25, 0.3) is 0 Å². The summed E-state index contributed by atoms with van der Waals surface area (Å²) < 4.78 is 1.94. The van der Waals surface area contributed by atoms with Gasteiger partial charge in [-0.25, -0.2) is 0 Å². The van der Waals surface area contributed by atoms with Gasteiger partial charge >= 0.3 is 0 Å². The summed E-state index contributed by atoms with van der Waals surface area (Å²) in [7, 11) is 0. The Labute approximate surface area is 209 Å². The fourth-order valence-corrected chi connectivity index (χ4v) is 4.56. The second-order valence-electron chi connectivity index (χ2n) is 8.13. The van der Waals surface area contributed by atoms with Crippen molar-refractivity contribution in [1.82, 2.24) is 25.4 Å². The van der Waals surface area contributed by atoms with Crippen LogP contribution in [0.2, 0.25) is 5.02 Å². The van der Waals surface area contributed by atoms with Crippen molar-refractivity contribution >= 4 is 35.2 Å². The average Bonchev–Trinajstić information content (AvgIpc) is 3.24. The first-order valence-corrected chi connectivity index (χ1v) is 12.7. The molecule has 180 valence electrons. The van der Waals surface area contributed by atoms with Crippen molar-refractivity contribution < 1.29 is 9.59 Å². The van der Waals surface area contributed by atoms with Gasteiger partial charge in [-0.05, 0) is 37.0 Å². The van der Waals surface area contributed by atoms with Gasteiger partial charge in [0.1, 0.15) is 0 Å². The highest BCUT2D eigenvalue weighted by molar-refractivity contribution is 7.99. The van der Waals surface area contributed by atoms with E-state index in [-0.39, 0.29) is 29.5 Å². The van der Waals surface area contributed by atoms with Crippen molar-refractivity contribution in [2.75, 3.05) is 12.3 Å². The van der Waals surface area contributed by atoms with Crippen LogP contribution in [0.3, 0.4) is 0 Å². The van der Waals surface area contributed by atoms with Crippen LogP contribution in [0.15, 0.2) is 59.8 Å². The molecule has 3 aromatic rings. The third-order valence-corrected chi connectivity index (χ3v) is 6.62. The number of hydrogen-bond donors (Lipinski definition) is 2. The van der Waals surface area contributed by atoms with Crippen molar-refractivity contribution in [1.29, 1.82) is 0 Å². The van der Waals surface area contributed by atoms with E-state index in [0.717, 1.165) is 6.42 Å². The number of nitrogens with one attached hydrogen (secondary N) is 2. The van der Waals surface area contributed by atoms with Crippen molar-refractivity contribution in [3.63, 3.8) is 0 Å². The molecule has 0 aliphatic heterocycles. The molecular weight excluding hydrogens is 470 g/mol. The highest BCUT2D eigenvalue weighted by Gasteiger charge is 2.26. The number of carbonyl (C=O) groups excluding carboxylic acids is 2. The molecule has 0 aliphatic carbocycles. The summed E-state index contributed by atoms with van der Waals surface area (Å²) in [5, 5.41) is 15.7. The average molecular weight is 500 g/mol. The topological polar surface area (TPSA) is 88.9 Å². The first kappa shape index (κ1) is 25.8. The summed E-state index contributed by atoms with van der Waals surface area (Å²) in [5.41, 5.74) is 1.60. The third kappa shape index (κ3) is 6.84. The number of hydrogen-bond acceptors (Lipinski definition) is 5. The molecule has 2 aromatic carbocycles. The Morgan fingerprint density at radius 3 is 2.44 bits per heavy atom. The molecule has 0 fully saturated rings. The van der Waals surface area contributed by atoms with E-state index in [1.807, 2.05) is 55.7 Å². The second-order valence-corrected chi connectivity index (χ2v) is 9.48. The van der Waals surface area contributed by atoms with Gasteiger partial charge in [0.15, 0.2) is 11.0 Å². The van der Waals surface area contributed by atoms with Crippen LogP contribution in [-0.4, -0.2) is 38.9 Å². The molecule has 0 radical (unpaired) electrons. The number of thioether (sulfide) groups is 1. The number of rotatable bonds is 11. The SMILES string of the molecule is CCn1c(SCC(=O)NCCc2ccccc2)nnc1C(NC(=O)c1ccccc1Cl)C(C)C. The molecule has 0 bridgehead atoms. The predicted molar refractivity (Wildman–Crippen MR) is 136 cm³/mol. The van der Waals surface area contributed by atoms with Gasteiger partial charge in [0, 0.05) is 13.1 Å². The molecule has 0 saturated heterocycles. The molecule has 2 amide bonds.